The molecule has 1 amide bonds. The molecule has 0 atom stereocenters. The third kappa shape index (κ3) is 3.16. The van der Waals surface area contributed by atoms with Gasteiger partial charge < -0.3 is 5.32 Å². The van der Waals surface area contributed by atoms with Crippen LogP contribution in [0.25, 0.3) is 22.2 Å². The lowest BCUT2D eigenvalue weighted by Gasteiger charge is -2.13. The van der Waals surface area contributed by atoms with Crippen LogP contribution < -0.4 is 5.32 Å². The molecule has 0 fully saturated rings. The van der Waals surface area contributed by atoms with Crippen LogP contribution in [-0.2, 0) is 7.05 Å². The summed E-state index contributed by atoms with van der Waals surface area (Å²) in [4.78, 5) is 18.0. The van der Waals surface area contributed by atoms with E-state index in [1.807, 2.05) is 82.5 Å². The van der Waals surface area contributed by atoms with Crippen LogP contribution in [-0.4, -0.2) is 20.7 Å². The van der Waals surface area contributed by atoms with Crippen LogP contribution in [0.4, 0.5) is 5.69 Å². The van der Waals surface area contributed by atoms with Gasteiger partial charge in [-0.15, -0.1) is 0 Å². The van der Waals surface area contributed by atoms with Gasteiger partial charge >= 0.3 is 0 Å². The summed E-state index contributed by atoms with van der Waals surface area (Å²) in [5, 5.41) is 8.34. The van der Waals surface area contributed by atoms with Crippen molar-refractivity contribution >= 4 is 22.5 Å². The summed E-state index contributed by atoms with van der Waals surface area (Å²) in [5.41, 5.74) is 6.87. The maximum Gasteiger partial charge on any atom is 0.256 e. The van der Waals surface area contributed by atoms with Crippen LogP contribution in [0.15, 0.2) is 54.7 Å². The highest BCUT2D eigenvalue weighted by molar-refractivity contribution is 6.13. The van der Waals surface area contributed by atoms with Crippen molar-refractivity contribution < 1.29 is 4.79 Å². The Kier molecular flexibility index (Phi) is 4.43. The van der Waals surface area contributed by atoms with E-state index in [-0.39, 0.29) is 5.91 Å². The minimum atomic E-state index is -0.140. The highest BCUT2D eigenvalue weighted by Crippen LogP contribution is 2.28. The van der Waals surface area contributed by atoms with Crippen molar-refractivity contribution in [3.63, 3.8) is 0 Å². The lowest BCUT2D eigenvalue weighted by Crippen LogP contribution is -2.15. The Morgan fingerprint density at radius 3 is 2.39 bits per heavy atom. The molecule has 2 aromatic heterocycles. The number of nitrogens with zero attached hydrogens (tertiary/aromatic N) is 3. The molecule has 0 aliphatic carbocycles. The topological polar surface area (TPSA) is 59.8 Å². The number of aromatic nitrogens is 3. The van der Waals surface area contributed by atoms with E-state index in [2.05, 4.69) is 10.4 Å². The number of carbonyl (C=O) groups excluding carboxylic acids is 1. The Labute approximate surface area is 164 Å². The molecular weight excluding hydrogens is 348 g/mol. The first kappa shape index (κ1) is 17.9. The minimum Gasteiger partial charge on any atom is -0.321 e. The number of aryl methyl sites for hydroxylation is 4. The normalized spacial score (nSPS) is 11.0. The first-order chi connectivity index (χ1) is 13.4. The van der Waals surface area contributed by atoms with Crippen molar-refractivity contribution in [3.8, 4) is 11.3 Å². The first-order valence-corrected chi connectivity index (χ1v) is 9.22. The largest absolute Gasteiger partial charge is 0.321 e. The molecule has 5 heteroatoms. The van der Waals surface area contributed by atoms with E-state index < -0.39 is 0 Å². The molecule has 4 aromatic rings. The summed E-state index contributed by atoms with van der Waals surface area (Å²) in [6.45, 7) is 5.94. The number of pyridine rings is 1. The summed E-state index contributed by atoms with van der Waals surface area (Å²) in [5.74, 6) is -0.140. The van der Waals surface area contributed by atoms with Gasteiger partial charge in [0.25, 0.3) is 5.91 Å². The molecule has 0 bridgehead atoms. The molecule has 5 nitrogen and oxygen atoms in total. The quantitative estimate of drug-likeness (QED) is 0.563. The molecule has 0 unspecified atom stereocenters. The predicted molar refractivity (Wildman–Crippen MR) is 113 cm³/mol. The molecule has 0 saturated heterocycles. The molecule has 0 radical (unpaired) electrons. The minimum absolute atomic E-state index is 0.140. The second kappa shape index (κ2) is 6.93. The average Bonchev–Trinajstić information content (AvgIpc) is 3.02. The predicted octanol–water partition coefficient (Wildman–Crippen LogP) is 4.81. The van der Waals surface area contributed by atoms with E-state index in [1.165, 1.54) is 0 Å². The van der Waals surface area contributed by atoms with Crippen molar-refractivity contribution in [2.45, 2.75) is 20.8 Å². The molecule has 0 saturated carbocycles. The molecule has 140 valence electrons. The van der Waals surface area contributed by atoms with Crippen molar-refractivity contribution in [1.29, 1.82) is 0 Å². The maximum absolute atomic E-state index is 13.2. The van der Waals surface area contributed by atoms with Gasteiger partial charge in [-0.25, -0.2) is 4.98 Å². The second-order valence-corrected chi connectivity index (χ2v) is 7.09. The maximum atomic E-state index is 13.2. The van der Waals surface area contributed by atoms with E-state index in [9.17, 15) is 4.79 Å². The summed E-state index contributed by atoms with van der Waals surface area (Å²) in [6.07, 6.45) is 1.93. The molecule has 0 aliphatic heterocycles. The van der Waals surface area contributed by atoms with Crippen molar-refractivity contribution in [2.75, 3.05) is 5.32 Å². The molecule has 2 aromatic carbocycles. The van der Waals surface area contributed by atoms with E-state index in [1.54, 1.807) is 4.68 Å². The number of benzene rings is 2. The zero-order valence-corrected chi connectivity index (χ0v) is 16.4. The number of rotatable bonds is 3. The van der Waals surface area contributed by atoms with Gasteiger partial charge in [-0.2, -0.15) is 5.10 Å². The third-order valence-corrected chi connectivity index (χ3v) is 4.97. The van der Waals surface area contributed by atoms with Gasteiger partial charge in [0.05, 0.1) is 22.5 Å². The second-order valence-electron chi connectivity index (χ2n) is 7.09. The first-order valence-electron chi connectivity index (χ1n) is 9.22. The Balaban J connectivity index is 1.85. The summed E-state index contributed by atoms with van der Waals surface area (Å²) in [7, 11) is 1.88. The van der Waals surface area contributed by atoms with Crippen LogP contribution in [0.3, 0.4) is 0 Å². The van der Waals surface area contributed by atoms with Gasteiger partial charge in [-0.3, -0.25) is 9.48 Å². The Hall–Kier alpha value is -3.47. The number of hydrogen-bond acceptors (Lipinski definition) is 3. The number of para-hydroxylation sites is 2. The molecular formula is C23H22N4O. The van der Waals surface area contributed by atoms with Crippen molar-refractivity contribution in [2.24, 2.45) is 7.05 Å². The molecule has 2 heterocycles. The number of fused-ring (bicyclic) bond motifs is 1. The molecule has 0 spiro atoms. The van der Waals surface area contributed by atoms with Crippen LogP contribution in [0.2, 0.25) is 0 Å². The van der Waals surface area contributed by atoms with E-state index in [0.29, 0.717) is 5.56 Å². The molecule has 4 rings (SSSR count). The van der Waals surface area contributed by atoms with Crippen LogP contribution in [0, 0.1) is 20.8 Å². The molecule has 28 heavy (non-hydrogen) atoms. The SMILES string of the molecule is Cc1cccc(C)c1NC(=O)c1cc(-c2cn(C)nc2C)nc2ccccc12. The number of anilines is 1. The number of amides is 1. The zero-order chi connectivity index (χ0) is 19.8. The van der Waals surface area contributed by atoms with Gasteiger partial charge in [-0.1, -0.05) is 36.4 Å². The van der Waals surface area contributed by atoms with Gasteiger partial charge in [0.15, 0.2) is 0 Å². The lowest BCUT2D eigenvalue weighted by molar-refractivity contribution is 0.102. The average molecular weight is 370 g/mol. The van der Waals surface area contributed by atoms with Gasteiger partial charge in [-0.05, 0) is 44.0 Å². The Morgan fingerprint density at radius 2 is 1.71 bits per heavy atom. The monoisotopic (exact) mass is 370 g/mol. The molecule has 0 aliphatic rings. The number of carbonyl (C=O) groups is 1. The highest BCUT2D eigenvalue weighted by Gasteiger charge is 2.17. The van der Waals surface area contributed by atoms with Crippen LogP contribution >= 0.6 is 0 Å². The highest BCUT2D eigenvalue weighted by atomic mass is 16.1. The standard InChI is InChI=1S/C23H22N4O/c1-14-8-7-9-15(2)22(14)25-23(28)18-12-21(19-13-27(4)26-16(19)3)24-20-11-6-5-10-17(18)20/h5-13H,1-4H3,(H,25,28). The zero-order valence-electron chi connectivity index (χ0n) is 16.4. The van der Waals surface area contributed by atoms with Crippen LogP contribution in [0.1, 0.15) is 27.2 Å². The van der Waals surface area contributed by atoms with Gasteiger partial charge in [0, 0.05) is 29.9 Å². The van der Waals surface area contributed by atoms with E-state index in [4.69, 9.17) is 4.98 Å². The third-order valence-electron chi connectivity index (χ3n) is 4.97. The number of nitrogens with one attached hydrogen (secondary N) is 1. The summed E-state index contributed by atoms with van der Waals surface area (Å²) >= 11 is 0. The van der Waals surface area contributed by atoms with E-state index >= 15 is 0 Å². The fraction of sp³-hybridized carbons (Fsp3) is 0.174. The summed E-state index contributed by atoms with van der Waals surface area (Å²) in [6, 6.07) is 15.6. The van der Waals surface area contributed by atoms with Crippen molar-refractivity contribution in [3.05, 3.63) is 77.1 Å². The van der Waals surface area contributed by atoms with Gasteiger partial charge in [0.1, 0.15) is 0 Å². The molecule has 1 N–H and O–H groups in total. The van der Waals surface area contributed by atoms with Crippen molar-refractivity contribution in [1.82, 2.24) is 14.8 Å². The summed E-state index contributed by atoms with van der Waals surface area (Å²) < 4.78 is 1.76. The smallest absolute Gasteiger partial charge is 0.256 e. The van der Waals surface area contributed by atoms with E-state index in [0.717, 1.165) is 44.7 Å². The Bertz CT molecular complexity index is 1190. The fourth-order valence-corrected chi connectivity index (χ4v) is 3.54. The van der Waals surface area contributed by atoms with Crippen LogP contribution in [0.5, 0.6) is 0 Å². The Morgan fingerprint density at radius 1 is 1.00 bits per heavy atom. The fourth-order valence-electron chi connectivity index (χ4n) is 3.54. The number of hydrogen-bond donors (Lipinski definition) is 1. The lowest BCUT2D eigenvalue weighted by atomic mass is 10.0. The van der Waals surface area contributed by atoms with Gasteiger partial charge in [0.2, 0.25) is 0 Å².